The molecule has 0 saturated carbocycles. The molecule has 0 radical (unpaired) electrons. The molecule has 1 fully saturated rings. The van der Waals surface area contributed by atoms with Gasteiger partial charge in [-0.2, -0.15) is 0 Å². The Balaban J connectivity index is 1.59. The van der Waals surface area contributed by atoms with Crippen LogP contribution in [0.15, 0.2) is 41.8 Å². The number of amides is 3. The van der Waals surface area contributed by atoms with Crippen molar-refractivity contribution < 1.29 is 24.2 Å². The van der Waals surface area contributed by atoms with Crippen molar-refractivity contribution in [2.75, 3.05) is 13.2 Å². The van der Waals surface area contributed by atoms with Gasteiger partial charge in [0.05, 0.1) is 6.54 Å². The largest absolute Gasteiger partial charge is 0.491 e. The van der Waals surface area contributed by atoms with Crippen LogP contribution in [-0.2, 0) is 10.3 Å². The van der Waals surface area contributed by atoms with Gasteiger partial charge in [0.15, 0.2) is 11.3 Å². The van der Waals surface area contributed by atoms with Crippen molar-refractivity contribution in [2.45, 2.75) is 25.5 Å². The minimum atomic E-state index is -1.12. The number of hydrogen-bond acceptors (Lipinski definition) is 6. The highest BCUT2D eigenvalue weighted by molar-refractivity contribution is 7.10. The minimum Gasteiger partial charge on any atom is -0.491 e. The zero-order chi connectivity index (χ0) is 19.6. The molecule has 2 N–H and O–H groups in total. The highest BCUT2D eigenvalue weighted by Gasteiger charge is 2.49. The van der Waals surface area contributed by atoms with E-state index in [9.17, 15) is 19.5 Å². The SMILES string of the molecule is CC(=O)c1ccc(OC[C@H](O)CN2C(=O)N[C@@](C)(c3cccs3)C2=O)cc1. The molecule has 1 aliphatic rings. The highest BCUT2D eigenvalue weighted by atomic mass is 32.1. The Morgan fingerprint density at radius 3 is 2.59 bits per heavy atom. The maximum absolute atomic E-state index is 12.7. The Labute approximate surface area is 160 Å². The molecule has 2 heterocycles. The smallest absolute Gasteiger partial charge is 0.325 e. The normalized spacial score (nSPS) is 20.5. The number of benzene rings is 1. The van der Waals surface area contributed by atoms with Crippen LogP contribution in [-0.4, -0.2) is 47.0 Å². The van der Waals surface area contributed by atoms with Crippen LogP contribution in [0.3, 0.4) is 0 Å². The summed E-state index contributed by atoms with van der Waals surface area (Å²) in [5, 5.41) is 14.7. The zero-order valence-corrected chi connectivity index (χ0v) is 15.8. The molecule has 0 bridgehead atoms. The molecule has 0 aliphatic carbocycles. The van der Waals surface area contributed by atoms with E-state index in [0.29, 0.717) is 11.3 Å². The predicted molar refractivity (Wildman–Crippen MR) is 99.9 cm³/mol. The molecule has 27 heavy (non-hydrogen) atoms. The first kappa shape index (κ1) is 19.1. The number of ether oxygens (including phenoxy) is 1. The van der Waals surface area contributed by atoms with Crippen molar-refractivity contribution in [1.29, 1.82) is 0 Å². The molecule has 3 rings (SSSR count). The molecule has 7 nitrogen and oxygen atoms in total. The van der Waals surface area contributed by atoms with Gasteiger partial charge in [0.1, 0.15) is 18.5 Å². The summed E-state index contributed by atoms with van der Waals surface area (Å²) in [5.74, 6) is 0.0356. The van der Waals surface area contributed by atoms with E-state index in [0.717, 1.165) is 9.78 Å². The molecule has 3 amide bonds. The van der Waals surface area contributed by atoms with Gasteiger partial charge < -0.3 is 15.2 Å². The van der Waals surface area contributed by atoms with E-state index in [1.807, 2.05) is 11.4 Å². The molecule has 1 aliphatic heterocycles. The van der Waals surface area contributed by atoms with Crippen LogP contribution < -0.4 is 10.1 Å². The molecule has 8 heteroatoms. The molecular formula is C19H20N2O5S. The average Bonchev–Trinajstić information content (AvgIpc) is 3.25. The van der Waals surface area contributed by atoms with E-state index in [2.05, 4.69) is 5.32 Å². The summed E-state index contributed by atoms with van der Waals surface area (Å²) in [6.07, 6.45) is -1.04. The number of carbonyl (C=O) groups is 3. The summed E-state index contributed by atoms with van der Waals surface area (Å²) in [7, 11) is 0. The lowest BCUT2D eigenvalue weighted by atomic mass is 10.0. The van der Waals surface area contributed by atoms with E-state index in [1.165, 1.54) is 18.3 Å². The first-order valence-corrected chi connectivity index (χ1v) is 9.29. The number of β-amino-alcohol motifs (C(OH)–C–C–N with tert-alkyl or cyclic N) is 1. The number of imide groups is 1. The summed E-state index contributed by atoms with van der Waals surface area (Å²) < 4.78 is 5.48. The summed E-state index contributed by atoms with van der Waals surface area (Å²) in [6.45, 7) is 2.86. The summed E-state index contributed by atoms with van der Waals surface area (Å²) >= 11 is 1.38. The van der Waals surface area contributed by atoms with E-state index in [4.69, 9.17) is 4.74 Å². The Bertz CT molecular complexity index is 849. The molecule has 0 unspecified atom stereocenters. The number of aliphatic hydroxyl groups is 1. The van der Waals surface area contributed by atoms with Gasteiger partial charge >= 0.3 is 6.03 Å². The van der Waals surface area contributed by atoms with Crippen molar-refractivity contribution in [3.63, 3.8) is 0 Å². The molecule has 2 atom stereocenters. The number of urea groups is 1. The molecule has 1 saturated heterocycles. The summed E-state index contributed by atoms with van der Waals surface area (Å²) in [4.78, 5) is 37.9. The second kappa shape index (κ2) is 7.50. The van der Waals surface area contributed by atoms with Crippen LogP contribution in [0, 0.1) is 0 Å². The summed E-state index contributed by atoms with van der Waals surface area (Å²) in [5.41, 5.74) is -0.552. The van der Waals surface area contributed by atoms with Crippen molar-refractivity contribution in [1.82, 2.24) is 10.2 Å². The fourth-order valence-corrected chi connectivity index (χ4v) is 3.67. The quantitative estimate of drug-likeness (QED) is 0.560. The third-order valence-electron chi connectivity index (χ3n) is 4.39. The summed E-state index contributed by atoms with van der Waals surface area (Å²) in [6, 6.07) is 9.59. The van der Waals surface area contributed by atoms with E-state index < -0.39 is 23.6 Å². The number of hydrogen-bond donors (Lipinski definition) is 2. The Morgan fingerprint density at radius 2 is 2.00 bits per heavy atom. The average molecular weight is 388 g/mol. The van der Waals surface area contributed by atoms with Crippen molar-refractivity contribution in [3.8, 4) is 5.75 Å². The van der Waals surface area contributed by atoms with Gasteiger partial charge in [0.25, 0.3) is 5.91 Å². The predicted octanol–water partition coefficient (Wildman–Crippen LogP) is 2.16. The zero-order valence-electron chi connectivity index (χ0n) is 15.0. The number of aliphatic hydroxyl groups excluding tert-OH is 1. The third-order valence-corrected chi connectivity index (χ3v) is 5.48. The number of ketones is 1. The number of carbonyl (C=O) groups excluding carboxylic acids is 3. The first-order valence-electron chi connectivity index (χ1n) is 8.41. The lowest BCUT2D eigenvalue weighted by Crippen LogP contribution is -2.42. The van der Waals surface area contributed by atoms with Gasteiger partial charge in [0, 0.05) is 10.4 Å². The van der Waals surface area contributed by atoms with Crippen LogP contribution >= 0.6 is 11.3 Å². The number of Topliss-reactive ketones (excluding diaryl/α,β-unsaturated/α-hetero) is 1. The van der Waals surface area contributed by atoms with Gasteiger partial charge in [0.2, 0.25) is 0 Å². The van der Waals surface area contributed by atoms with Crippen molar-refractivity contribution >= 4 is 29.1 Å². The van der Waals surface area contributed by atoms with Crippen molar-refractivity contribution in [3.05, 3.63) is 52.2 Å². The number of nitrogens with zero attached hydrogens (tertiary/aromatic N) is 1. The van der Waals surface area contributed by atoms with Gasteiger partial charge in [-0.3, -0.25) is 14.5 Å². The fraction of sp³-hybridized carbons (Fsp3) is 0.316. The Morgan fingerprint density at radius 1 is 1.30 bits per heavy atom. The third kappa shape index (κ3) is 3.86. The topological polar surface area (TPSA) is 95.9 Å². The minimum absolute atomic E-state index is 0.0473. The lowest BCUT2D eigenvalue weighted by Gasteiger charge is -2.21. The van der Waals surface area contributed by atoms with Gasteiger partial charge in [-0.05, 0) is 49.6 Å². The molecule has 0 spiro atoms. The number of nitrogens with one attached hydrogen (secondary N) is 1. The number of rotatable bonds is 7. The fourth-order valence-electron chi connectivity index (χ4n) is 2.83. The molecule has 2 aromatic rings. The maximum Gasteiger partial charge on any atom is 0.325 e. The molecule has 142 valence electrons. The molecule has 1 aromatic carbocycles. The first-order chi connectivity index (χ1) is 12.8. The van der Waals surface area contributed by atoms with E-state index in [1.54, 1.807) is 37.3 Å². The highest BCUT2D eigenvalue weighted by Crippen LogP contribution is 2.31. The second-order valence-electron chi connectivity index (χ2n) is 6.49. The lowest BCUT2D eigenvalue weighted by molar-refractivity contribution is -0.132. The van der Waals surface area contributed by atoms with Crippen LogP contribution in [0.25, 0.3) is 0 Å². The van der Waals surface area contributed by atoms with Crippen LogP contribution in [0.2, 0.25) is 0 Å². The molecule has 1 aromatic heterocycles. The molecular weight excluding hydrogens is 368 g/mol. The van der Waals surface area contributed by atoms with Gasteiger partial charge in [-0.25, -0.2) is 4.79 Å². The standard InChI is InChI=1S/C19H20N2O5S/c1-12(22)13-5-7-15(8-6-13)26-11-14(23)10-21-17(24)19(2,20-18(21)25)16-4-3-9-27-16/h3-9,14,23H,10-11H2,1-2H3,(H,20,25)/t14-,19+/m1/s1. The van der Waals surface area contributed by atoms with Gasteiger partial charge in [-0.15, -0.1) is 11.3 Å². The Hall–Kier alpha value is -2.71. The van der Waals surface area contributed by atoms with E-state index >= 15 is 0 Å². The monoisotopic (exact) mass is 388 g/mol. The van der Waals surface area contributed by atoms with Crippen LogP contribution in [0.1, 0.15) is 29.1 Å². The van der Waals surface area contributed by atoms with Crippen molar-refractivity contribution in [2.24, 2.45) is 0 Å². The number of thiophene rings is 1. The Kier molecular flexibility index (Phi) is 5.29. The van der Waals surface area contributed by atoms with Gasteiger partial charge in [-0.1, -0.05) is 6.07 Å². The second-order valence-corrected chi connectivity index (χ2v) is 7.44. The maximum atomic E-state index is 12.7. The van der Waals surface area contributed by atoms with Crippen LogP contribution in [0.4, 0.5) is 4.79 Å². The van der Waals surface area contributed by atoms with Crippen LogP contribution in [0.5, 0.6) is 5.75 Å². The van der Waals surface area contributed by atoms with E-state index in [-0.39, 0.29) is 18.9 Å².